The molecule has 1 aromatic heterocycles. The molecule has 2 rings (SSSR count). The third-order valence-electron chi connectivity index (χ3n) is 2.89. The summed E-state index contributed by atoms with van der Waals surface area (Å²) in [5, 5.41) is 3.37. The van der Waals surface area contributed by atoms with Crippen LogP contribution >= 0.6 is 15.9 Å². The number of rotatable bonds is 7. The number of nitrogens with zero attached hydrogens (tertiary/aromatic N) is 2. The zero-order chi connectivity index (χ0) is 14.4. The van der Waals surface area contributed by atoms with E-state index in [2.05, 4.69) is 36.9 Å². The van der Waals surface area contributed by atoms with Crippen LogP contribution in [0.4, 0.5) is 5.95 Å². The normalized spacial score (nSPS) is 10.8. The van der Waals surface area contributed by atoms with Gasteiger partial charge in [0.05, 0.1) is 11.4 Å². The highest BCUT2D eigenvalue weighted by Crippen LogP contribution is 2.24. The summed E-state index contributed by atoms with van der Waals surface area (Å²) in [6.45, 7) is 6.40. The van der Waals surface area contributed by atoms with Gasteiger partial charge in [-0.3, -0.25) is 4.57 Å². The minimum absolute atomic E-state index is 0.769. The molecule has 0 atom stereocenters. The van der Waals surface area contributed by atoms with E-state index in [-0.39, 0.29) is 0 Å². The van der Waals surface area contributed by atoms with Crippen molar-refractivity contribution in [2.75, 3.05) is 25.1 Å². The lowest BCUT2D eigenvalue weighted by molar-refractivity contribution is 0.147. The molecule has 1 N–H and O–H groups in total. The summed E-state index contributed by atoms with van der Waals surface area (Å²) in [5.41, 5.74) is 2.08. The third kappa shape index (κ3) is 3.84. The third-order valence-corrected chi connectivity index (χ3v) is 3.56. The molecule has 2 aromatic rings. The Morgan fingerprint density at radius 2 is 2.15 bits per heavy atom. The van der Waals surface area contributed by atoms with Gasteiger partial charge in [-0.05, 0) is 48.3 Å². The van der Waals surface area contributed by atoms with Gasteiger partial charge < -0.3 is 10.1 Å². The topological polar surface area (TPSA) is 39.1 Å². The van der Waals surface area contributed by atoms with Crippen LogP contribution in [0.3, 0.4) is 0 Å². The van der Waals surface area contributed by atoms with Gasteiger partial charge in [0.2, 0.25) is 5.95 Å². The number of hydrogen-bond acceptors (Lipinski definition) is 3. The molecule has 0 aliphatic rings. The number of aromatic nitrogens is 2. The largest absolute Gasteiger partial charge is 0.382 e. The molecular weight excluding hydrogens is 318 g/mol. The van der Waals surface area contributed by atoms with Crippen molar-refractivity contribution in [1.29, 1.82) is 0 Å². The van der Waals surface area contributed by atoms with Crippen molar-refractivity contribution < 1.29 is 4.74 Å². The van der Waals surface area contributed by atoms with Crippen LogP contribution in [0.25, 0.3) is 5.69 Å². The van der Waals surface area contributed by atoms with Crippen LogP contribution in [0.2, 0.25) is 0 Å². The van der Waals surface area contributed by atoms with Gasteiger partial charge in [0.25, 0.3) is 0 Å². The smallest absolute Gasteiger partial charge is 0.207 e. The fourth-order valence-electron chi connectivity index (χ4n) is 1.97. The summed E-state index contributed by atoms with van der Waals surface area (Å²) in [5.74, 6) is 0.867. The Balaban J connectivity index is 2.09. The Labute approximate surface area is 128 Å². The van der Waals surface area contributed by atoms with Crippen LogP contribution in [-0.4, -0.2) is 29.3 Å². The number of hydrogen-bond donors (Lipinski definition) is 1. The number of aryl methyl sites for hydroxylation is 1. The summed E-state index contributed by atoms with van der Waals surface area (Å²) in [6, 6.07) is 8.13. The van der Waals surface area contributed by atoms with Gasteiger partial charge in [-0.15, -0.1) is 0 Å². The number of imidazole rings is 1. The van der Waals surface area contributed by atoms with Crippen molar-refractivity contribution in [1.82, 2.24) is 9.55 Å². The first kappa shape index (κ1) is 15.1. The minimum atomic E-state index is 0.769. The molecule has 0 amide bonds. The zero-order valence-corrected chi connectivity index (χ0v) is 13.5. The maximum Gasteiger partial charge on any atom is 0.207 e. The van der Waals surface area contributed by atoms with E-state index in [0.717, 1.165) is 48.0 Å². The molecule has 0 saturated heterocycles. The first-order chi connectivity index (χ1) is 9.72. The molecule has 0 unspecified atom stereocenters. The minimum Gasteiger partial charge on any atom is -0.382 e. The molecule has 4 nitrogen and oxygen atoms in total. The van der Waals surface area contributed by atoms with E-state index in [1.165, 1.54) is 0 Å². The second-order valence-corrected chi connectivity index (χ2v) is 5.36. The average Bonchev–Trinajstić information content (AvgIpc) is 2.80. The number of halogens is 1. The van der Waals surface area contributed by atoms with Gasteiger partial charge in [-0.2, -0.15) is 0 Å². The molecule has 108 valence electrons. The second-order valence-electron chi connectivity index (χ2n) is 4.50. The lowest BCUT2D eigenvalue weighted by Gasteiger charge is -2.11. The molecule has 0 aliphatic heterocycles. The van der Waals surface area contributed by atoms with E-state index in [1.807, 2.05) is 38.2 Å². The predicted molar refractivity (Wildman–Crippen MR) is 85.6 cm³/mol. The van der Waals surface area contributed by atoms with Crippen molar-refractivity contribution in [3.8, 4) is 5.69 Å². The highest BCUT2D eigenvalue weighted by Gasteiger charge is 2.09. The Morgan fingerprint density at radius 3 is 2.90 bits per heavy atom. The van der Waals surface area contributed by atoms with Crippen molar-refractivity contribution >= 4 is 21.9 Å². The maximum atomic E-state index is 5.34. The number of anilines is 1. The molecule has 20 heavy (non-hydrogen) atoms. The SMILES string of the molecule is CCOCCCNc1nc(C)cn1-c1ccccc1Br. The van der Waals surface area contributed by atoms with E-state index in [9.17, 15) is 0 Å². The van der Waals surface area contributed by atoms with Crippen LogP contribution in [0.15, 0.2) is 34.9 Å². The monoisotopic (exact) mass is 337 g/mol. The quantitative estimate of drug-likeness (QED) is 0.781. The molecule has 5 heteroatoms. The molecule has 1 heterocycles. The summed E-state index contributed by atoms with van der Waals surface area (Å²) in [6.07, 6.45) is 3.00. The highest BCUT2D eigenvalue weighted by atomic mass is 79.9. The lowest BCUT2D eigenvalue weighted by Crippen LogP contribution is -2.10. The molecule has 0 fully saturated rings. The second kappa shape index (κ2) is 7.45. The van der Waals surface area contributed by atoms with Crippen LogP contribution < -0.4 is 5.32 Å². The molecule has 0 spiro atoms. The summed E-state index contributed by atoms with van der Waals surface area (Å²) >= 11 is 3.58. The van der Waals surface area contributed by atoms with Crippen molar-refractivity contribution in [2.24, 2.45) is 0 Å². The number of benzene rings is 1. The Kier molecular flexibility index (Phi) is 5.61. The zero-order valence-electron chi connectivity index (χ0n) is 11.9. The molecule has 0 bridgehead atoms. The molecule has 0 aliphatic carbocycles. The first-order valence-corrected chi connectivity index (χ1v) is 7.64. The predicted octanol–water partition coefficient (Wildman–Crippen LogP) is 3.78. The van der Waals surface area contributed by atoms with Crippen molar-refractivity contribution in [3.05, 3.63) is 40.6 Å². The number of nitrogens with one attached hydrogen (secondary N) is 1. The Morgan fingerprint density at radius 1 is 1.35 bits per heavy atom. The summed E-state index contributed by atoms with van der Waals surface area (Å²) in [4.78, 5) is 4.54. The van der Waals surface area contributed by atoms with Gasteiger partial charge >= 0.3 is 0 Å². The first-order valence-electron chi connectivity index (χ1n) is 6.85. The van der Waals surface area contributed by atoms with Gasteiger partial charge in [0, 0.05) is 30.4 Å². The molecule has 0 saturated carbocycles. The van der Waals surface area contributed by atoms with E-state index >= 15 is 0 Å². The molecule has 1 aromatic carbocycles. The van der Waals surface area contributed by atoms with Crippen LogP contribution in [-0.2, 0) is 4.74 Å². The lowest BCUT2D eigenvalue weighted by atomic mass is 10.3. The average molecular weight is 338 g/mol. The van der Waals surface area contributed by atoms with E-state index in [4.69, 9.17) is 4.74 Å². The Hall–Kier alpha value is -1.33. The summed E-state index contributed by atoms with van der Waals surface area (Å²) < 4.78 is 8.46. The van der Waals surface area contributed by atoms with E-state index < -0.39 is 0 Å². The van der Waals surface area contributed by atoms with Crippen LogP contribution in [0.1, 0.15) is 19.0 Å². The van der Waals surface area contributed by atoms with Gasteiger partial charge in [0.1, 0.15) is 0 Å². The highest BCUT2D eigenvalue weighted by molar-refractivity contribution is 9.10. The fraction of sp³-hybridized carbons (Fsp3) is 0.400. The van der Waals surface area contributed by atoms with Crippen molar-refractivity contribution in [2.45, 2.75) is 20.3 Å². The number of para-hydroxylation sites is 1. The van der Waals surface area contributed by atoms with Crippen molar-refractivity contribution in [3.63, 3.8) is 0 Å². The van der Waals surface area contributed by atoms with Gasteiger partial charge in [-0.25, -0.2) is 4.98 Å². The standard InChI is InChI=1S/C15H20BrN3O/c1-3-20-10-6-9-17-15-18-12(2)11-19(15)14-8-5-4-7-13(14)16/h4-5,7-8,11H,3,6,9-10H2,1-2H3,(H,17,18). The summed E-state index contributed by atoms with van der Waals surface area (Å²) in [7, 11) is 0. The molecular formula is C15H20BrN3O. The Bertz CT molecular complexity index is 554. The maximum absolute atomic E-state index is 5.34. The van der Waals surface area contributed by atoms with Crippen LogP contribution in [0, 0.1) is 6.92 Å². The fourth-order valence-corrected chi connectivity index (χ4v) is 2.45. The van der Waals surface area contributed by atoms with E-state index in [1.54, 1.807) is 0 Å². The van der Waals surface area contributed by atoms with Gasteiger partial charge in [-0.1, -0.05) is 12.1 Å². The van der Waals surface area contributed by atoms with Crippen LogP contribution in [0.5, 0.6) is 0 Å². The van der Waals surface area contributed by atoms with Gasteiger partial charge in [0.15, 0.2) is 0 Å². The number of ether oxygens (including phenoxy) is 1. The van der Waals surface area contributed by atoms with E-state index in [0.29, 0.717) is 0 Å². The molecule has 0 radical (unpaired) electrons.